The van der Waals surface area contributed by atoms with Crippen LogP contribution in [0, 0.1) is 24.2 Å². The van der Waals surface area contributed by atoms with E-state index < -0.39 is 17.9 Å². The predicted molar refractivity (Wildman–Crippen MR) is 133 cm³/mol. The molecule has 0 aliphatic heterocycles. The summed E-state index contributed by atoms with van der Waals surface area (Å²) in [6.45, 7) is 7.79. The van der Waals surface area contributed by atoms with Gasteiger partial charge in [0.25, 0.3) is 11.8 Å². The third-order valence-corrected chi connectivity index (χ3v) is 4.76. The Morgan fingerprint density at radius 2 is 1.86 bits per heavy atom. The maximum Gasteiger partial charge on any atom is 0.262 e. The van der Waals surface area contributed by atoms with Gasteiger partial charge in [0, 0.05) is 0 Å². The zero-order valence-electron chi connectivity index (χ0n) is 20.5. The molecule has 2 aromatic rings. The first-order valence-electron chi connectivity index (χ1n) is 11.4. The van der Waals surface area contributed by atoms with E-state index in [1.807, 2.05) is 52.0 Å². The largest absolute Gasteiger partial charge is 0.490 e. The summed E-state index contributed by atoms with van der Waals surface area (Å²) in [5.74, 6) is 0.874. The molecule has 0 saturated heterocycles. The Labute approximate surface area is 206 Å². The average Bonchev–Trinajstić information content (AvgIpc) is 2.82. The van der Waals surface area contributed by atoms with E-state index >= 15 is 0 Å². The van der Waals surface area contributed by atoms with Crippen molar-refractivity contribution in [3.63, 3.8) is 0 Å². The van der Waals surface area contributed by atoms with Crippen LogP contribution in [-0.2, 0) is 9.59 Å². The van der Waals surface area contributed by atoms with Gasteiger partial charge in [-0.3, -0.25) is 9.59 Å². The first-order chi connectivity index (χ1) is 16.8. The smallest absolute Gasteiger partial charge is 0.262 e. The number of ether oxygens (including phenoxy) is 3. The van der Waals surface area contributed by atoms with Crippen LogP contribution in [0.2, 0.25) is 0 Å². The molecule has 2 aromatic carbocycles. The standard InChI is InChI=1S/C26H32N4O5/c1-5-33-24-15-20(10-11-23(24)34-13-12-27)16-28-30-26(32)21(14-18(2)3)29-25(31)17-35-22-9-7-6-8-19(22)4/h6-11,15-16,18,21H,5,13-14,17H2,1-4H3,(H,29,31)(H,30,32)/b28-16-/t21-/m1/s1. The molecule has 2 N–H and O–H groups in total. The molecular formula is C26H32N4O5. The third-order valence-electron chi connectivity index (χ3n) is 4.76. The molecule has 0 bridgehead atoms. The Morgan fingerprint density at radius 3 is 2.54 bits per heavy atom. The van der Waals surface area contributed by atoms with Gasteiger partial charge in [0.2, 0.25) is 0 Å². The highest BCUT2D eigenvalue weighted by molar-refractivity contribution is 5.89. The van der Waals surface area contributed by atoms with E-state index in [2.05, 4.69) is 15.8 Å². The third kappa shape index (κ3) is 9.37. The van der Waals surface area contributed by atoms with Crippen LogP contribution < -0.4 is 25.0 Å². The molecule has 0 radical (unpaired) electrons. The van der Waals surface area contributed by atoms with Crippen LogP contribution in [0.3, 0.4) is 0 Å². The molecule has 0 aromatic heterocycles. The number of rotatable bonds is 13. The van der Waals surface area contributed by atoms with Crippen molar-refractivity contribution in [3.05, 3.63) is 53.6 Å². The maximum atomic E-state index is 12.7. The number of hydrogen-bond acceptors (Lipinski definition) is 7. The summed E-state index contributed by atoms with van der Waals surface area (Å²) in [5, 5.41) is 15.5. The molecule has 9 nitrogen and oxygen atoms in total. The van der Waals surface area contributed by atoms with E-state index in [-0.39, 0.29) is 19.1 Å². The Kier molecular flexibility index (Phi) is 11.1. The van der Waals surface area contributed by atoms with Gasteiger partial charge in [-0.2, -0.15) is 10.4 Å². The molecule has 0 heterocycles. The zero-order valence-corrected chi connectivity index (χ0v) is 20.5. The van der Waals surface area contributed by atoms with Crippen LogP contribution in [0.5, 0.6) is 17.2 Å². The highest BCUT2D eigenvalue weighted by Gasteiger charge is 2.22. The Balaban J connectivity index is 1.98. The molecule has 0 saturated carbocycles. The van der Waals surface area contributed by atoms with Crippen LogP contribution in [0.15, 0.2) is 47.6 Å². The lowest BCUT2D eigenvalue weighted by Crippen LogP contribution is -2.47. The van der Waals surface area contributed by atoms with E-state index in [1.165, 1.54) is 6.21 Å². The van der Waals surface area contributed by atoms with Gasteiger partial charge in [-0.1, -0.05) is 32.0 Å². The second kappa shape index (κ2) is 14.3. The SMILES string of the molecule is CCOc1cc(/C=N\NC(=O)[C@@H](CC(C)C)NC(=O)COc2ccccc2C)ccc1OCC#N. The minimum absolute atomic E-state index is 0.0947. The lowest BCUT2D eigenvalue weighted by Gasteiger charge is -2.19. The number of nitrogens with one attached hydrogen (secondary N) is 2. The van der Waals surface area contributed by atoms with Gasteiger partial charge in [0.05, 0.1) is 12.8 Å². The van der Waals surface area contributed by atoms with Crippen molar-refractivity contribution in [2.24, 2.45) is 11.0 Å². The Hall–Kier alpha value is -4.06. The molecule has 1 atom stereocenters. The molecular weight excluding hydrogens is 448 g/mol. The van der Waals surface area contributed by atoms with Gasteiger partial charge in [-0.25, -0.2) is 5.43 Å². The van der Waals surface area contributed by atoms with Crippen molar-refractivity contribution in [2.75, 3.05) is 19.8 Å². The molecule has 0 aliphatic carbocycles. The molecule has 186 valence electrons. The number of carbonyl (C=O) groups is 2. The summed E-state index contributed by atoms with van der Waals surface area (Å²) in [4.78, 5) is 25.1. The van der Waals surface area contributed by atoms with E-state index in [9.17, 15) is 9.59 Å². The summed E-state index contributed by atoms with van der Waals surface area (Å²) in [6.07, 6.45) is 1.90. The monoisotopic (exact) mass is 480 g/mol. The van der Waals surface area contributed by atoms with Gasteiger partial charge in [-0.15, -0.1) is 0 Å². The van der Waals surface area contributed by atoms with Crippen molar-refractivity contribution in [1.29, 1.82) is 5.26 Å². The number of amides is 2. The van der Waals surface area contributed by atoms with Crippen LogP contribution in [0.1, 0.15) is 38.3 Å². The molecule has 0 spiro atoms. The molecule has 2 amide bonds. The number of para-hydroxylation sites is 1. The summed E-state index contributed by atoms with van der Waals surface area (Å²) in [5.41, 5.74) is 4.07. The molecule has 0 unspecified atom stereocenters. The fourth-order valence-corrected chi connectivity index (χ4v) is 3.15. The Bertz CT molecular complexity index is 1060. The van der Waals surface area contributed by atoms with E-state index in [0.29, 0.717) is 35.8 Å². The van der Waals surface area contributed by atoms with Crippen LogP contribution in [-0.4, -0.2) is 43.9 Å². The summed E-state index contributed by atoms with van der Waals surface area (Å²) in [7, 11) is 0. The summed E-state index contributed by atoms with van der Waals surface area (Å²) < 4.78 is 16.5. The highest BCUT2D eigenvalue weighted by atomic mass is 16.5. The molecule has 0 aliphatic rings. The minimum Gasteiger partial charge on any atom is -0.490 e. The number of carbonyl (C=O) groups excluding carboxylic acids is 2. The lowest BCUT2D eigenvalue weighted by molar-refractivity contribution is -0.130. The average molecular weight is 481 g/mol. The molecule has 2 rings (SSSR count). The van der Waals surface area contributed by atoms with Crippen LogP contribution in [0.25, 0.3) is 0 Å². The predicted octanol–water partition coefficient (Wildman–Crippen LogP) is 3.36. The fourth-order valence-electron chi connectivity index (χ4n) is 3.15. The zero-order chi connectivity index (χ0) is 25.6. The lowest BCUT2D eigenvalue weighted by atomic mass is 10.0. The minimum atomic E-state index is -0.763. The van der Waals surface area contributed by atoms with Crippen molar-refractivity contribution in [2.45, 2.75) is 40.2 Å². The van der Waals surface area contributed by atoms with Crippen molar-refractivity contribution in [3.8, 4) is 23.3 Å². The summed E-state index contributed by atoms with van der Waals surface area (Å²) >= 11 is 0. The van der Waals surface area contributed by atoms with Crippen LogP contribution >= 0.6 is 0 Å². The number of benzene rings is 2. The van der Waals surface area contributed by atoms with E-state index in [4.69, 9.17) is 19.5 Å². The number of aryl methyl sites for hydroxylation is 1. The first-order valence-corrected chi connectivity index (χ1v) is 11.4. The van der Waals surface area contributed by atoms with Crippen molar-refractivity contribution < 1.29 is 23.8 Å². The molecule has 35 heavy (non-hydrogen) atoms. The van der Waals surface area contributed by atoms with Gasteiger partial charge >= 0.3 is 0 Å². The first kappa shape index (κ1) is 27.2. The maximum absolute atomic E-state index is 12.7. The van der Waals surface area contributed by atoms with Gasteiger partial charge in [-0.05, 0) is 61.6 Å². The number of nitrogens with zero attached hydrogens (tertiary/aromatic N) is 2. The number of nitriles is 1. The van der Waals surface area contributed by atoms with Gasteiger partial charge < -0.3 is 19.5 Å². The fraction of sp³-hybridized carbons (Fsp3) is 0.385. The Morgan fingerprint density at radius 1 is 1.09 bits per heavy atom. The van der Waals surface area contributed by atoms with E-state index in [0.717, 1.165) is 5.56 Å². The molecule has 0 fully saturated rings. The van der Waals surface area contributed by atoms with Crippen molar-refractivity contribution >= 4 is 18.0 Å². The number of hydrazone groups is 1. The van der Waals surface area contributed by atoms with Crippen LogP contribution in [0.4, 0.5) is 0 Å². The van der Waals surface area contributed by atoms with E-state index in [1.54, 1.807) is 24.3 Å². The van der Waals surface area contributed by atoms with Crippen molar-refractivity contribution in [1.82, 2.24) is 10.7 Å². The molecule has 9 heteroatoms. The van der Waals surface area contributed by atoms with Gasteiger partial charge in [0.15, 0.2) is 24.7 Å². The quantitative estimate of drug-likeness (QED) is 0.335. The second-order valence-electron chi connectivity index (χ2n) is 8.12. The topological polar surface area (TPSA) is 122 Å². The highest BCUT2D eigenvalue weighted by Crippen LogP contribution is 2.28. The normalized spacial score (nSPS) is 11.5. The second-order valence-corrected chi connectivity index (χ2v) is 8.12. The summed E-state index contributed by atoms with van der Waals surface area (Å²) in [6, 6.07) is 13.6. The number of hydrogen-bond donors (Lipinski definition) is 2. The van der Waals surface area contributed by atoms with Gasteiger partial charge in [0.1, 0.15) is 17.9 Å².